The molecule has 0 spiro atoms. The van der Waals surface area contributed by atoms with E-state index in [1.807, 2.05) is 0 Å². The smallest absolute Gasteiger partial charge is 0.155 e. The van der Waals surface area contributed by atoms with E-state index in [0.29, 0.717) is 0 Å². The molecular formula is C40H55NO2. The standard InChI is InChI=1S/C40H55NO2/c1-37(2,3)31-7-9-35(33(17-31)39-19-25-11-26(20-39)13-27(12-25)21-39)42-41-43-36-10-8-32(38(4,5)6)18-34(36)40-22-28-14-29(23-40)16-30(15-28)24-40/h7-10,17-18,25-30,41H,11-16,19-24H2,1-6H3. The lowest BCUT2D eigenvalue weighted by Crippen LogP contribution is -2.49. The van der Waals surface area contributed by atoms with E-state index >= 15 is 0 Å². The highest BCUT2D eigenvalue weighted by Crippen LogP contribution is 2.63. The summed E-state index contributed by atoms with van der Waals surface area (Å²) in [6.45, 7) is 14.0. The Morgan fingerprint density at radius 2 is 0.814 bits per heavy atom. The number of nitrogens with one attached hydrogen (secondary N) is 1. The maximum absolute atomic E-state index is 6.50. The van der Waals surface area contributed by atoms with Crippen LogP contribution < -0.4 is 15.3 Å². The summed E-state index contributed by atoms with van der Waals surface area (Å²) in [4.78, 5) is 13.0. The Kier molecular flexibility index (Phi) is 6.45. The molecule has 3 nitrogen and oxygen atoms in total. The highest BCUT2D eigenvalue weighted by Gasteiger charge is 2.54. The van der Waals surface area contributed by atoms with Gasteiger partial charge in [0, 0.05) is 16.8 Å². The van der Waals surface area contributed by atoms with Crippen molar-refractivity contribution in [2.24, 2.45) is 35.5 Å². The summed E-state index contributed by atoms with van der Waals surface area (Å²) in [5.41, 5.74) is 9.50. The molecule has 10 rings (SSSR count). The Morgan fingerprint density at radius 3 is 1.09 bits per heavy atom. The van der Waals surface area contributed by atoms with Crippen molar-refractivity contribution < 1.29 is 9.68 Å². The fraction of sp³-hybridized carbons (Fsp3) is 0.700. The summed E-state index contributed by atoms with van der Waals surface area (Å²) < 4.78 is 0. The molecule has 0 amide bonds. The van der Waals surface area contributed by atoms with Crippen LogP contribution in [0.2, 0.25) is 0 Å². The second kappa shape index (κ2) is 9.75. The topological polar surface area (TPSA) is 30.5 Å². The normalized spacial score (nSPS) is 37.6. The minimum atomic E-state index is 0.112. The molecule has 0 atom stereocenters. The summed E-state index contributed by atoms with van der Waals surface area (Å²) in [5.74, 6) is 7.31. The van der Waals surface area contributed by atoms with E-state index in [-0.39, 0.29) is 21.7 Å². The second-order valence-corrected chi connectivity index (χ2v) is 18.6. The lowest BCUT2D eigenvalue weighted by Gasteiger charge is -2.57. The fourth-order valence-corrected chi connectivity index (χ4v) is 12.0. The molecule has 0 radical (unpaired) electrons. The first-order chi connectivity index (χ1) is 20.4. The zero-order chi connectivity index (χ0) is 29.8. The summed E-state index contributed by atoms with van der Waals surface area (Å²) in [7, 11) is 0. The van der Waals surface area contributed by atoms with Gasteiger partial charge in [0.1, 0.15) is 0 Å². The van der Waals surface area contributed by atoms with Crippen molar-refractivity contribution in [3.63, 3.8) is 0 Å². The van der Waals surface area contributed by atoms with Crippen molar-refractivity contribution in [3.8, 4) is 11.5 Å². The molecule has 0 heterocycles. The van der Waals surface area contributed by atoms with Gasteiger partial charge in [0.05, 0.1) is 0 Å². The SMILES string of the molecule is CC(C)(C)c1ccc(ONOc2ccc(C(C)(C)C)cc2C23CC4CC(CC(C4)C2)C3)c(C23CC4CC(CC(C4)C2)C3)c1. The first-order valence-corrected chi connectivity index (χ1v) is 17.8. The molecule has 0 aromatic heterocycles. The Bertz CT molecular complexity index is 1210. The summed E-state index contributed by atoms with van der Waals surface area (Å²) >= 11 is 0. The molecule has 8 aliphatic carbocycles. The van der Waals surface area contributed by atoms with E-state index in [4.69, 9.17) is 9.68 Å². The number of rotatable bonds is 6. The molecule has 3 heteroatoms. The van der Waals surface area contributed by atoms with Crippen molar-refractivity contribution in [1.29, 1.82) is 0 Å². The lowest BCUT2D eigenvalue weighted by molar-refractivity contribution is -0.0357. The van der Waals surface area contributed by atoms with E-state index in [9.17, 15) is 0 Å². The van der Waals surface area contributed by atoms with E-state index in [1.54, 1.807) is 0 Å². The van der Waals surface area contributed by atoms with Crippen LogP contribution in [0.3, 0.4) is 0 Å². The molecule has 0 saturated heterocycles. The predicted molar refractivity (Wildman–Crippen MR) is 174 cm³/mol. The van der Waals surface area contributed by atoms with Gasteiger partial charge in [-0.25, -0.2) is 0 Å². The third-order valence-electron chi connectivity index (χ3n) is 13.2. The van der Waals surface area contributed by atoms with Crippen molar-refractivity contribution >= 4 is 0 Å². The molecule has 2 aromatic carbocycles. The Hall–Kier alpha value is -2.00. The van der Waals surface area contributed by atoms with Gasteiger partial charge in [-0.1, -0.05) is 65.8 Å². The van der Waals surface area contributed by atoms with Crippen LogP contribution in [0.5, 0.6) is 11.5 Å². The molecular weight excluding hydrogens is 526 g/mol. The zero-order valence-corrected chi connectivity index (χ0v) is 27.7. The van der Waals surface area contributed by atoms with Gasteiger partial charge in [0.15, 0.2) is 11.5 Å². The van der Waals surface area contributed by atoms with Gasteiger partial charge in [-0.15, -0.1) is 0 Å². The first kappa shape index (κ1) is 28.5. The van der Waals surface area contributed by atoms with Crippen molar-refractivity contribution in [2.45, 2.75) is 140 Å². The van der Waals surface area contributed by atoms with Crippen LogP contribution in [-0.4, -0.2) is 0 Å². The van der Waals surface area contributed by atoms with Crippen LogP contribution >= 0.6 is 0 Å². The molecule has 0 aliphatic heterocycles. The lowest BCUT2D eigenvalue weighted by atomic mass is 9.48. The maximum Gasteiger partial charge on any atom is 0.155 e. The van der Waals surface area contributed by atoms with Crippen LogP contribution in [0.1, 0.15) is 141 Å². The largest absolute Gasteiger partial charge is 0.373 e. The van der Waals surface area contributed by atoms with E-state index in [0.717, 1.165) is 47.0 Å². The highest BCUT2D eigenvalue weighted by molar-refractivity contribution is 5.47. The number of hydrogen-bond acceptors (Lipinski definition) is 3. The molecule has 2 aromatic rings. The molecule has 8 fully saturated rings. The summed E-state index contributed by atoms with van der Waals surface area (Å²) in [6.07, 6.45) is 16.7. The molecule has 8 aliphatic rings. The zero-order valence-electron chi connectivity index (χ0n) is 27.7. The average molecular weight is 582 g/mol. The Labute approximate surface area is 260 Å². The summed E-state index contributed by atoms with van der Waals surface area (Å²) in [6, 6.07) is 14.0. The van der Waals surface area contributed by atoms with Gasteiger partial charge in [0.25, 0.3) is 0 Å². The second-order valence-electron chi connectivity index (χ2n) is 18.6. The molecule has 0 unspecified atom stereocenters. The van der Waals surface area contributed by atoms with Crippen LogP contribution in [0, 0.1) is 35.5 Å². The molecule has 1 N–H and O–H groups in total. The maximum atomic E-state index is 6.50. The molecule has 8 saturated carbocycles. The van der Waals surface area contributed by atoms with E-state index in [1.165, 1.54) is 99.3 Å². The minimum absolute atomic E-state index is 0.112. The highest BCUT2D eigenvalue weighted by atomic mass is 16.9. The van der Waals surface area contributed by atoms with Gasteiger partial charge >= 0.3 is 0 Å². The van der Waals surface area contributed by atoms with Gasteiger partial charge in [-0.3, -0.25) is 0 Å². The third-order valence-corrected chi connectivity index (χ3v) is 13.2. The Morgan fingerprint density at radius 1 is 0.512 bits per heavy atom. The molecule has 232 valence electrons. The van der Waals surface area contributed by atoms with Crippen LogP contribution in [0.15, 0.2) is 36.4 Å². The van der Waals surface area contributed by atoms with Crippen LogP contribution in [0.4, 0.5) is 0 Å². The van der Waals surface area contributed by atoms with Gasteiger partial charge in [-0.05, 0) is 157 Å². The third kappa shape index (κ3) is 4.95. The fourth-order valence-electron chi connectivity index (χ4n) is 12.0. The van der Waals surface area contributed by atoms with E-state index < -0.39 is 0 Å². The van der Waals surface area contributed by atoms with Crippen LogP contribution in [0.25, 0.3) is 0 Å². The van der Waals surface area contributed by atoms with E-state index in [2.05, 4.69) is 83.6 Å². The first-order valence-electron chi connectivity index (χ1n) is 17.8. The molecule has 8 bridgehead atoms. The quantitative estimate of drug-likeness (QED) is 0.344. The Balaban J connectivity index is 1.10. The minimum Gasteiger partial charge on any atom is -0.373 e. The van der Waals surface area contributed by atoms with Crippen molar-refractivity contribution in [2.75, 3.05) is 0 Å². The number of benzene rings is 2. The predicted octanol–water partition coefficient (Wildman–Crippen LogP) is 10.1. The monoisotopic (exact) mass is 581 g/mol. The van der Waals surface area contributed by atoms with Gasteiger partial charge < -0.3 is 9.68 Å². The molecule has 43 heavy (non-hydrogen) atoms. The number of hydrogen-bond donors (Lipinski definition) is 1. The van der Waals surface area contributed by atoms with Gasteiger partial charge in [-0.2, -0.15) is 0 Å². The van der Waals surface area contributed by atoms with Crippen molar-refractivity contribution in [1.82, 2.24) is 5.64 Å². The van der Waals surface area contributed by atoms with Gasteiger partial charge in [0.2, 0.25) is 0 Å². The average Bonchev–Trinajstić information content (AvgIpc) is 2.90. The summed E-state index contributed by atoms with van der Waals surface area (Å²) in [5, 5.41) is 0. The van der Waals surface area contributed by atoms with Crippen LogP contribution in [-0.2, 0) is 21.7 Å². The van der Waals surface area contributed by atoms with Crippen molar-refractivity contribution in [3.05, 3.63) is 58.7 Å².